The smallest absolute Gasteiger partial charge is 0.122 e. The van der Waals surface area contributed by atoms with Gasteiger partial charge in [0.2, 0.25) is 0 Å². The van der Waals surface area contributed by atoms with Crippen molar-refractivity contribution in [2.24, 2.45) is 5.73 Å². The van der Waals surface area contributed by atoms with E-state index in [4.69, 9.17) is 10.5 Å². The van der Waals surface area contributed by atoms with E-state index >= 15 is 0 Å². The van der Waals surface area contributed by atoms with E-state index in [9.17, 15) is 0 Å². The van der Waals surface area contributed by atoms with E-state index in [2.05, 4.69) is 47.1 Å². The molecule has 1 aliphatic heterocycles. The van der Waals surface area contributed by atoms with Crippen molar-refractivity contribution in [1.82, 2.24) is 0 Å². The van der Waals surface area contributed by atoms with Crippen molar-refractivity contribution in [2.45, 2.75) is 19.4 Å². The van der Waals surface area contributed by atoms with Crippen molar-refractivity contribution in [1.29, 1.82) is 0 Å². The number of aryl methyl sites for hydroxylation is 1. The van der Waals surface area contributed by atoms with Crippen LogP contribution in [0.15, 0.2) is 40.9 Å². The van der Waals surface area contributed by atoms with Crippen LogP contribution in [-0.4, -0.2) is 6.61 Å². The number of fused-ring (bicyclic) bond motifs is 1. The van der Waals surface area contributed by atoms with E-state index in [1.807, 2.05) is 12.1 Å². The van der Waals surface area contributed by atoms with E-state index in [-0.39, 0.29) is 6.04 Å². The third-order valence-electron chi connectivity index (χ3n) is 3.65. The highest BCUT2D eigenvalue weighted by Crippen LogP contribution is 2.31. The Morgan fingerprint density at radius 2 is 2.05 bits per heavy atom. The summed E-state index contributed by atoms with van der Waals surface area (Å²) in [5, 5.41) is 0. The van der Waals surface area contributed by atoms with Gasteiger partial charge in [0.1, 0.15) is 5.75 Å². The Morgan fingerprint density at radius 1 is 1.21 bits per heavy atom. The number of hydrogen-bond acceptors (Lipinski definition) is 2. The van der Waals surface area contributed by atoms with Crippen LogP contribution in [0.5, 0.6) is 5.75 Å². The van der Waals surface area contributed by atoms with E-state index in [0.29, 0.717) is 0 Å². The molecule has 0 radical (unpaired) electrons. The highest BCUT2D eigenvalue weighted by atomic mass is 79.9. The largest absolute Gasteiger partial charge is 0.493 e. The van der Waals surface area contributed by atoms with Crippen molar-refractivity contribution in [3.05, 3.63) is 63.1 Å². The molecule has 2 nitrogen and oxygen atoms in total. The number of rotatable bonds is 2. The maximum absolute atomic E-state index is 6.42. The Hall–Kier alpha value is -1.32. The minimum absolute atomic E-state index is 0.0941. The number of nitrogens with two attached hydrogens (primary N) is 1. The number of benzene rings is 2. The summed E-state index contributed by atoms with van der Waals surface area (Å²) in [5.74, 6) is 1.00. The van der Waals surface area contributed by atoms with E-state index in [0.717, 1.165) is 34.4 Å². The molecule has 2 aromatic carbocycles. The summed E-state index contributed by atoms with van der Waals surface area (Å²) in [6.45, 7) is 2.88. The first-order valence-electron chi connectivity index (χ1n) is 6.42. The molecule has 98 valence electrons. The zero-order valence-corrected chi connectivity index (χ0v) is 12.4. The van der Waals surface area contributed by atoms with Crippen molar-refractivity contribution in [2.75, 3.05) is 6.61 Å². The van der Waals surface area contributed by atoms with E-state index in [1.54, 1.807) is 0 Å². The van der Waals surface area contributed by atoms with Crippen LogP contribution in [0.4, 0.5) is 0 Å². The fraction of sp³-hybridized carbons (Fsp3) is 0.250. The first kappa shape index (κ1) is 12.7. The van der Waals surface area contributed by atoms with Gasteiger partial charge in [0, 0.05) is 10.9 Å². The van der Waals surface area contributed by atoms with Crippen LogP contribution in [0.25, 0.3) is 0 Å². The van der Waals surface area contributed by atoms with E-state index < -0.39 is 0 Å². The average Bonchev–Trinajstić information content (AvgIpc) is 2.88. The summed E-state index contributed by atoms with van der Waals surface area (Å²) in [6, 6.07) is 12.4. The molecule has 0 aliphatic carbocycles. The molecule has 1 heterocycles. The predicted molar refractivity (Wildman–Crippen MR) is 80.6 cm³/mol. The normalized spacial score (nSPS) is 14.9. The quantitative estimate of drug-likeness (QED) is 0.915. The van der Waals surface area contributed by atoms with Crippen molar-refractivity contribution in [3.8, 4) is 5.75 Å². The van der Waals surface area contributed by atoms with Gasteiger partial charge in [-0.05, 0) is 47.4 Å². The Balaban J connectivity index is 1.99. The molecule has 0 aromatic heterocycles. The topological polar surface area (TPSA) is 35.2 Å². The molecule has 0 bridgehead atoms. The lowest BCUT2D eigenvalue weighted by Crippen LogP contribution is -2.13. The minimum Gasteiger partial charge on any atom is -0.493 e. The highest BCUT2D eigenvalue weighted by molar-refractivity contribution is 9.10. The summed E-state index contributed by atoms with van der Waals surface area (Å²) < 4.78 is 6.60. The number of hydrogen-bond donors (Lipinski definition) is 1. The van der Waals surface area contributed by atoms with Crippen LogP contribution in [0.2, 0.25) is 0 Å². The van der Waals surface area contributed by atoms with Crippen molar-refractivity contribution < 1.29 is 4.74 Å². The van der Waals surface area contributed by atoms with Crippen LogP contribution < -0.4 is 10.5 Å². The Morgan fingerprint density at radius 3 is 2.89 bits per heavy atom. The van der Waals surface area contributed by atoms with Gasteiger partial charge in [-0.25, -0.2) is 0 Å². The third kappa shape index (κ3) is 2.40. The standard InChI is InChI=1S/C16H16BrNO/c1-10-2-4-13(17)9-14(10)16(18)12-3-5-15-11(8-12)6-7-19-15/h2-5,8-9,16H,6-7,18H2,1H3. The van der Waals surface area contributed by atoms with Gasteiger partial charge in [-0.15, -0.1) is 0 Å². The molecule has 2 N–H and O–H groups in total. The van der Waals surface area contributed by atoms with Gasteiger partial charge < -0.3 is 10.5 Å². The molecule has 3 heteroatoms. The minimum atomic E-state index is -0.0941. The van der Waals surface area contributed by atoms with Gasteiger partial charge in [-0.2, -0.15) is 0 Å². The Labute approximate surface area is 121 Å². The molecule has 3 rings (SSSR count). The van der Waals surface area contributed by atoms with Crippen LogP contribution in [0.3, 0.4) is 0 Å². The molecule has 0 saturated carbocycles. The summed E-state index contributed by atoms with van der Waals surface area (Å²) in [7, 11) is 0. The van der Waals surface area contributed by atoms with Gasteiger partial charge in [0.05, 0.1) is 12.6 Å². The molecule has 0 amide bonds. The second kappa shape index (κ2) is 4.99. The summed E-state index contributed by atoms with van der Waals surface area (Å²) in [5.41, 5.74) is 11.2. The molecule has 1 atom stereocenters. The average molecular weight is 318 g/mol. The van der Waals surface area contributed by atoms with Gasteiger partial charge in [-0.3, -0.25) is 0 Å². The molecular formula is C16H16BrNO. The zero-order valence-electron chi connectivity index (χ0n) is 10.8. The molecule has 19 heavy (non-hydrogen) atoms. The van der Waals surface area contributed by atoms with E-state index in [1.165, 1.54) is 11.1 Å². The molecule has 2 aromatic rings. The first-order chi connectivity index (χ1) is 9.15. The second-order valence-corrected chi connectivity index (χ2v) is 5.86. The molecule has 0 fully saturated rings. The maximum atomic E-state index is 6.42. The Bertz CT molecular complexity index is 624. The van der Waals surface area contributed by atoms with Crippen molar-refractivity contribution >= 4 is 15.9 Å². The molecule has 0 saturated heterocycles. The monoisotopic (exact) mass is 317 g/mol. The van der Waals surface area contributed by atoms with Gasteiger partial charge >= 0.3 is 0 Å². The fourth-order valence-electron chi connectivity index (χ4n) is 2.53. The highest BCUT2D eigenvalue weighted by Gasteiger charge is 2.17. The van der Waals surface area contributed by atoms with Crippen LogP contribution in [-0.2, 0) is 6.42 Å². The first-order valence-corrected chi connectivity index (χ1v) is 7.22. The summed E-state index contributed by atoms with van der Waals surface area (Å²) in [6.07, 6.45) is 0.980. The van der Waals surface area contributed by atoms with Crippen molar-refractivity contribution in [3.63, 3.8) is 0 Å². The molecular weight excluding hydrogens is 302 g/mol. The lowest BCUT2D eigenvalue weighted by Gasteiger charge is -2.16. The number of halogens is 1. The van der Waals surface area contributed by atoms with Gasteiger partial charge in [0.15, 0.2) is 0 Å². The predicted octanol–water partition coefficient (Wildman–Crippen LogP) is 3.74. The Kier molecular flexibility index (Phi) is 3.33. The SMILES string of the molecule is Cc1ccc(Br)cc1C(N)c1ccc2c(c1)CCO2. The van der Waals surface area contributed by atoms with Crippen LogP contribution in [0.1, 0.15) is 28.3 Å². The van der Waals surface area contributed by atoms with Gasteiger partial charge in [-0.1, -0.05) is 34.1 Å². The number of ether oxygens (including phenoxy) is 1. The summed E-state index contributed by atoms with van der Waals surface area (Å²) in [4.78, 5) is 0. The lowest BCUT2D eigenvalue weighted by atomic mass is 9.94. The fourth-order valence-corrected chi connectivity index (χ4v) is 2.90. The molecule has 0 spiro atoms. The van der Waals surface area contributed by atoms with Crippen LogP contribution >= 0.6 is 15.9 Å². The third-order valence-corrected chi connectivity index (χ3v) is 4.14. The summed E-state index contributed by atoms with van der Waals surface area (Å²) >= 11 is 3.51. The molecule has 1 unspecified atom stereocenters. The zero-order chi connectivity index (χ0) is 13.4. The molecule has 1 aliphatic rings. The maximum Gasteiger partial charge on any atom is 0.122 e. The lowest BCUT2D eigenvalue weighted by molar-refractivity contribution is 0.357. The van der Waals surface area contributed by atoms with Gasteiger partial charge in [0.25, 0.3) is 0 Å². The van der Waals surface area contributed by atoms with Crippen LogP contribution in [0, 0.1) is 6.92 Å². The second-order valence-electron chi connectivity index (χ2n) is 4.94.